The van der Waals surface area contributed by atoms with Gasteiger partial charge in [0, 0.05) is 39.1 Å². The molecule has 0 spiro atoms. The Hall–Kier alpha value is -0.760. The second-order valence-corrected chi connectivity index (χ2v) is 5.85. The molecule has 0 aromatic carbocycles. The second kappa shape index (κ2) is 11.7. The summed E-state index contributed by atoms with van der Waals surface area (Å²) >= 11 is 0. The van der Waals surface area contributed by atoms with Crippen LogP contribution in [0, 0.1) is 0 Å². The summed E-state index contributed by atoms with van der Waals surface area (Å²) in [6.45, 7) is 6.40. The molecule has 0 saturated carbocycles. The van der Waals surface area contributed by atoms with E-state index in [1.165, 1.54) is 32.2 Å². The van der Waals surface area contributed by atoms with E-state index in [-0.39, 0.29) is 24.0 Å². The van der Waals surface area contributed by atoms with Crippen LogP contribution in [-0.2, 0) is 6.42 Å². The topological polar surface area (TPSA) is 52.8 Å². The first-order valence-corrected chi connectivity index (χ1v) is 8.54. The summed E-state index contributed by atoms with van der Waals surface area (Å²) in [5.74, 6) is 1.87. The number of hydrogen-bond donors (Lipinski definition) is 2. The Bertz CT molecular complexity index is 436. The van der Waals surface area contributed by atoms with Gasteiger partial charge in [0.25, 0.3) is 0 Å². The van der Waals surface area contributed by atoms with Crippen LogP contribution in [0.15, 0.2) is 27.8 Å². The van der Waals surface area contributed by atoms with E-state index < -0.39 is 0 Å². The Kier molecular flexibility index (Phi) is 10.3. The molecule has 6 heteroatoms. The van der Waals surface area contributed by atoms with Crippen LogP contribution in [0.2, 0.25) is 0 Å². The van der Waals surface area contributed by atoms with Crippen molar-refractivity contribution in [3.63, 3.8) is 0 Å². The molecule has 1 aliphatic heterocycles. The summed E-state index contributed by atoms with van der Waals surface area (Å²) in [5, 5.41) is 6.74. The van der Waals surface area contributed by atoms with Gasteiger partial charge in [0.15, 0.2) is 5.96 Å². The zero-order valence-corrected chi connectivity index (χ0v) is 16.7. The number of furan rings is 1. The molecule has 0 radical (unpaired) electrons. The van der Waals surface area contributed by atoms with Crippen LogP contribution in [0.25, 0.3) is 0 Å². The van der Waals surface area contributed by atoms with Crippen molar-refractivity contribution >= 4 is 29.9 Å². The van der Waals surface area contributed by atoms with Crippen LogP contribution in [0.1, 0.15) is 38.4 Å². The van der Waals surface area contributed by atoms with Gasteiger partial charge in [-0.15, -0.1) is 24.0 Å². The molecule has 5 nitrogen and oxygen atoms in total. The highest BCUT2D eigenvalue weighted by Crippen LogP contribution is 2.18. The Balaban J connectivity index is 0.00000264. The molecule has 1 aromatic rings. The van der Waals surface area contributed by atoms with Gasteiger partial charge in [-0.05, 0) is 37.9 Å². The van der Waals surface area contributed by atoms with Crippen LogP contribution in [0.4, 0.5) is 0 Å². The summed E-state index contributed by atoms with van der Waals surface area (Å²) in [5.41, 5.74) is 0. The molecule has 2 heterocycles. The van der Waals surface area contributed by atoms with Gasteiger partial charge in [0.1, 0.15) is 5.76 Å². The molecule has 2 rings (SSSR count). The SMILES string of the molecule is CCC1CCCCN1CCNC(=NC)NCCc1ccco1.I. The zero-order valence-electron chi connectivity index (χ0n) is 14.4. The van der Waals surface area contributed by atoms with E-state index in [4.69, 9.17) is 4.42 Å². The Morgan fingerprint density at radius 1 is 1.35 bits per heavy atom. The van der Waals surface area contributed by atoms with Gasteiger partial charge in [0.2, 0.25) is 0 Å². The minimum atomic E-state index is 0. The molecule has 1 aliphatic rings. The lowest BCUT2D eigenvalue weighted by molar-refractivity contribution is 0.147. The van der Waals surface area contributed by atoms with E-state index in [1.807, 2.05) is 19.2 Å². The first kappa shape index (κ1) is 20.3. The van der Waals surface area contributed by atoms with Crippen molar-refractivity contribution in [2.24, 2.45) is 4.99 Å². The highest BCUT2D eigenvalue weighted by Gasteiger charge is 2.19. The summed E-state index contributed by atoms with van der Waals surface area (Å²) < 4.78 is 5.33. The average molecular weight is 434 g/mol. The van der Waals surface area contributed by atoms with Crippen LogP contribution in [-0.4, -0.2) is 50.1 Å². The molecule has 132 valence electrons. The third-order valence-electron chi connectivity index (χ3n) is 4.38. The number of likely N-dealkylation sites (tertiary alicyclic amines) is 1. The molecule has 1 aromatic heterocycles. The fraction of sp³-hybridized carbons (Fsp3) is 0.706. The maximum absolute atomic E-state index is 5.33. The predicted molar refractivity (Wildman–Crippen MR) is 107 cm³/mol. The monoisotopic (exact) mass is 434 g/mol. The molecule has 0 amide bonds. The quantitative estimate of drug-likeness (QED) is 0.394. The number of aliphatic imine (C=N–C) groups is 1. The number of nitrogens with one attached hydrogen (secondary N) is 2. The predicted octanol–water partition coefficient (Wildman–Crippen LogP) is 2.87. The third-order valence-corrected chi connectivity index (χ3v) is 4.38. The number of rotatable bonds is 7. The van der Waals surface area contributed by atoms with Crippen LogP contribution in [0.5, 0.6) is 0 Å². The fourth-order valence-corrected chi connectivity index (χ4v) is 3.11. The summed E-state index contributed by atoms with van der Waals surface area (Å²) in [6, 6.07) is 4.69. The fourth-order valence-electron chi connectivity index (χ4n) is 3.11. The minimum Gasteiger partial charge on any atom is -0.469 e. The summed E-state index contributed by atoms with van der Waals surface area (Å²) in [4.78, 5) is 6.89. The first-order chi connectivity index (χ1) is 10.8. The average Bonchev–Trinajstić information content (AvgIpc) is 3.07. The highest BCUT2D eigenvalue weighted by molar-refractivity contribution is 14.0. The van der Waals surface area contributed by atoms with Crippen molar-refractivity contribution in [2.45, 2.75) is 45.1 Å². The maximum atomic E-state index is 5.33. The highest BCUT2D eigenvalue weighted by atomic mass is 127. The molecule has 23 heavy (non-hydrogen) atoms. The Labute approximate surface area is 157 Å². The largest absolute Gasteiger partial charge is 0.469 e. The lowest BCUT2D eigenvalue weighted by Gasteiger charge is -2.35. The molecule has 1 atom stereocenters. The molecule has 1 fully saturated rings. The van der Waals surface area contributed by atoms with Crippen LogP contribution >= 0.6 is 24.0 Å². The molecule has 2 N–H and O–H groups in total. The van der Waals surface area contributed by atoms with Crippen molar-refractivity contribution in [1.29, 1.82) is 0 Å². The smallest absolute Gasteiger partial charge is 0.191 e. The van der Waals surface area contributed by atoms with Crippen LogP contribution in [0.3, 0.4) is 0 Å². The van der Waals surface area contributed by atoms with Crippen molar-refractivity contribution in [1.82, 2.24) is 15.5 Å². The van der Waals surface area contributed by atoms with Gasteiger partial charge in [-0.2, -0.15) is 0 Å². The lowest BCUT2D eigenvalue weighted by Crippen LogP contribution is -2.46. The summed E-state index contributed by atoms with van der Waals surface area (Å²) in [6.07, 6.45) is 7.93. The van der Waals surface area contributed by atoms with E-state index in [0.29, 0.717) is 0 Å². The van der Waals surface area contributed by atoms with Gasteiger partial charge in [-0.25, -0.2) is 0 Å². The van der Waals surface area contributed by atoms with Gasteiger partial charge in [-0.1, -0.05) is 13.3 Å². The van der Waals surface area contributed by atoms with Crippen molar-refractivity contribution < 1.29 is 4.42 Å². The van der Waals surface area contributed by atoms with Gasteiger partial charge < -0.3 is 15.1 Å². The number of nitrogens with zero attached hydrogens (tertiary/aromatic N) is 2. The normalized spacial score (nSPS) is 19.2. The second-order valence-electron chi connectivity index (χ2n) is 5.85. The molecular weight excluding hydrogens is 403 g/mol. The molecular formula is C17H31IN4O. The van der Waals surface area contributed by atoms with Gasteiger partial charge in [0.05, 0.1) is 6.26 Å². The van der Waals surface area contributed by atoms with Crippen molar-refractivity contribution in [3.8, 4) is 0 Å². The summed E-state index contributed by atoms with van der Waals surface area (Å²) in [7, 11) is 1.82. The number of halogens is 1. The molecule has 0 aliphatic carbocycles. The number of hydrogen-bond acceptors (Lipinski definition) is 3. The Morgan fingerprint density at radius 3 is 2.87 bits per heavy atom. The number of guanidine groups is 1. The van der Waals surface area contributed by atoms with Gasteiger partial charge in [-0.3, -0.25) is 9.89 Å². The van der Waals surface area contributed by atoms with Crippen molar-refractivity contribution in [3.05, 3.63) is 24.2 Å². The minimum absolute atomic E-state index is 0. The maximum Gasteiger partial charge on any atom is 0.191 e. The van der Waals surface area contributed by atoms with Crippen molar-refractivity contribution in [2.75, 3.05) is 33.2 Å². The van der Waals surface area contributed by atoms with Gasteiger partial charge >= 0.3 is 0 Å². The molecule has 1 unspecified atom stereocenters. The van der Waals surface area contributed by atoms with E-state index >= 15 is 0 Å². The lowest BCUT2D eigenvalue weighted by atomic mass is 10.0. The Morgan fingerprint density at radius 2 is 2.17 bits per heavy atom. The third kappa shape index (κ3) is 7.12. The standard InChI is InChI=1S/C17H30N4O.HI/c1-3-15-7-4-5-12-21(15)13-11-20-17(18-2)19-10-9-16-8-6-14-22-16;/h6,8,14-15H,3-5,7,9-13H2,1-2H3,(H2,18,19,20);1H. The van der Waals surface area contributed by atoms with E-state index in [1.54, 1.807) is 6.26 Å². The molecule has 1 saturated heterocycles. The number of piperidine rings is 1. The first-order valence-electron chi connectivity index (χ1n) is 8.54. The van der Waals surface area contributed by atoms with E-state index in [0.717, 1.165) is 43.8 Å². The van der Waals surface area contributed by atoms with E-state index in [9.17, 15) is 0 Å². The van der Waals surface area contributed by atoms with Crippen LogP contribution < -0.4 is 10.6 Å². The molecule has 0 bridgehead atoms. The van der Waals surface area contributed by atoms with E-state index in [2.05, 4.69) is 27.4 Å². The zero-order chi connectivity index (χ0) is 15.6.